The van der Waals surface area contributed by atoms with E-state index in [1.54, 1.807) is 0 Å². The number of hydrogen-bond acceptors (Lipinski definition) is 6. The van der Waals surface area contributed by atoms with E-state index in [0.717, 1.165) is 0 Å². The molecule has 1 rings (SSSR count). The number of carboxylic acid groups (broad SMARTS) is 4. The van der Waals surface area contributed by atoms with Crippen LogP contribution in [0.1, 0.15) is 6.42 Å². The van der Waals surface area contributed by atoms with E-state index < -0.39 is 62.1 Å². The Bertz CT molecular complexity index is 380. The molecule has 0 spiro atoms. The molecule has 21 heavy (non-hydrogen) atoms. The van der Waals surface area contributed by atoms with Crippen molar-refractivity contribution in [2.45, 2.75) is 18.5 Å². The molecule has 0 aliphatic heterocycles. The molecule has 0 radical (unpaired) electrons. The van der Waals surface area contributed by atoms with Crippen molar-refractivity contribution in [3.8, 4) is 0 Å². The van der Waals surface area contributed by atoms with Crippen molar-refractivity contribution >= 4 is 23.9 Å². The van der Waals surface area contributed by atoms with Gasteiger partial charge in [0.05, 0.1) is 26.2 Å². The Morgan fingerprint density at radius 2 is 0.905 bits per heavy atom. The van der Waals surface area contributed by atoms with Gasteiger partial charge >= 0.3 is 23.9 Å². The number of nitrogens with zero attached hydrogens (tertiary/aromatic N) is 2. The molecule has 1 aliphatic carbocycles. The molecule has 0 aromatic rings. The summed E-state index contributed by atoms with van der Waals surface area (Å²) < 4.78 is 0. The standard InChI is InChI=1S/C11H16N2O8/c14-8(15)2-12(3-9(16)17)6-1-7(6)13(4-10(18)19)5-11(20)21/h6-7H,1-5H2,(H,14,15)(H,16,17)(H,18,19)(H,20,21)/t6-,7-/m1/s1. The second kappa shape index (κ2) is 6.99. The minimum Gasteiger partial charge on any atom is -0.480 e. The lowest BCUT2D eigenvalue weighted by atomic mass is 10.4. The summed E-state index contributed by atoms with van der Waals surface area (Å²) in [5, 5.41) is 35.0. The van der Waals surface area contributed by atoms with E-state index in [2.05, 4.69) is 0 Å². The first-order valence-corrected chi connectivity index (χ1v) is 6.06. The van der Waals surface area contributed by atoms with Crippen molar-refractivity contribution in [1.29, 1.82) is 0 Å². The maximum absolute atomic E-state index is 10.7. The van der Waals surface area contributed by atoms with Crippen LogP contribution in [0.5, 0.6) is 0 Å². The fourth-order valence-electron chi connectivity index (χ4n) is 2.23. The van der Waals surface area contributed by atoms with E-state index in [0.29, 0.717) is 6.42 Å². The van der Waals surface area contributed by atoms with Gasteiger partial charge in [-0.2, -0.15) is 0 Å². The van der Waals surface area contributed by atoms with Gasteiger partial charge in [0.1, 0.15) is 0 Å². The van der Waals surface area contributed by atoms with Gasteiger partial charge in [-0.1, -0.05) is 0 Å². The predicted octanol–water partition coefficient (Wildman–Crippen LogP) is -1.93. The van der Waals surface area contributed by atoms with Crippen LogP contribution in [0.15, 0.2) is 0 Å². The Balaban J connectivity index is 2.71. The van der Waals surface area contributed by atoms with Crippen molar-refractivity contribution in [1.82, 2.24) is 9.80 Å². The van der Waals surface area contributed by atoms with Crippen LogP contribution in [-0.2, 0) is 19.2 Å². The second-order valence-electron chi connectivity index (χ2n) is 4.76. The molecule has 1 saturated carbocycles. The molecule has 1 fully saturated rings. The number of hydrogen-bond donors (Lipinski definition) is 4. The van der Waals surface area contributed by atoms with Gasteiger partial charge in [0.25, 0.3) is 0 Å². The molecular formula is C11H16N2O8. The van der Waals surface area contributed by atoms with Gasteiger partial charge in [0.15, 0.2) is 0 Å². The second-order valence-corrected chi connectivity index (χ2v) is 4.76. The lowest BCUT2D eigenvalue weighted by molar-refractivity contribution is -0.145. The summed E-state index contributed by atoms with van der Waals surface area (Å²) in [4.78, 5) is 45.2. The maximum Gasteiger partial charge on any atom is 0.317 e. The SMILES string of the molecule is O=C(O)CN(CC(=O)O)[C@@H]1C[C@H]1N(CC(=O)O)CC(=O)O. The van der Waals surface area contributed by atoms with Crippen molar-refractivity contribution in [2.24, 2.45) is 0 Å². The molecule has 0 amide bonds. The Morgan fingerprint density at radius 1 is 0.667 bits per heavy atom. The fourth-order valence-corrected chi connectivity index (χ4v) is 2.23. The molecular weight excluding hydrogens is 288 g/mol. The van der Waals surface area contributed by atoms with Gasteiger partial charge in [0.2, 0.25) is 0 Å². The summed E-state index contributed by atoms with van der Waals surface area (Å²) in [7, 11) is 0. The van der Waals surface area contributed by atoms with Crippen molar-refractivity contribution < 1.29 is 39.6 Å². The van der Waals surface area contributed by atoms with Gasteiger partial charge in [-0.05, 0) is 6.42 Å². The quantitative estimate of drug-likeness (QED) is 0.358. The molecule has 4 N–H and O–H groups in total. The maximum atomic E-state index is 10.7. The molecule has 0 heterocycles. The highest BCUT2D eigenvalue weighted by Gasteiger charge is 2.47. The summed E-state index contributed by atoms with van der Waals surface area (Å²) >= 11 is 0. The van der Waals surface area contributed by atoms with Crippen molar-refractivity contribution in [2.75, 3.05) is 26.2 Å². The molecule has 0 unspecified atom stereocenters. The summed E-state index contributed by atoms with van der Waals surface area (Å²) in [6.07, 6.45) is 0.334. The van der Waals surface area contributed by atoms with E-state index in [-0.39, 0.29) is 0 Å². The number of carbonyl (C=O) groups is 4. The Labute approximate surface area is 119 Å². The zero-order valence-corrected chi connectivity index (χ0v) is 11.0. The van der Waals surface area contributed by atoms with Crippen LogP contribution in [0.25, 0.3) is 0 Å². The number of rotatable bonds is 10. The highest BCUT2D eigenvalue weighted by atomic mass is 16.4. The highest BCUT2D eigenvalue weighted by molar-refractivity contribution is 5.74. The van der Waals surface area contributed by atoms with E-state index in [1.807, 2.05) is 0 Å². The third-order valence-electron chi connectivity index (χ3n) is 3.02. The molecule has 0 bridgehead atoms. The third kappa shape index (κ3) is 5.75. The summed E-state index contributed by atoms with van der Waals surface area (Å²) in [6.45, 7) is -1.99. The molecule has 0 aromatic carbocycles. The van der Waals surface area contributed by atoms with Gasteiger partial charge in [-0.15, -0.1) is 0 Å². The van der Waals surface area contributed by atoms with Gasteiger partial charge in [0, 0.05) is 12.1 Å². The van der Waals surface area contributed by atoms with Crippen LogP contribution in [-0.4, -0.2) is 92.4 Å². The van der Waals surface area contributed by atoms with Crippen molar-refractivity contribution in [3.63, 3.8) is 0 Å². The van der Waals surface area contributed by atoms with E-state index >= 15 is 0 Å². The van der Waals surface area contributed by atoms with Gasteiger partial charge in [-0.25, -0.2) is 0 Å². The van der Waals surface area contributed by atoms with E-state index in [1.165, 1.54) is 9.80 Å². The molecule has 0 saturated heterocycles. The van der Waals surface area contributed by atoms with Crippen LogP contribution in [0.4, 0.5) is 0 Å². The van der Waals surface area contributed by atoms with Gasteiger partial charge in [-0.3, -0.25) is 29.0 Å². The summed E-state index contributed by atoms with van der Waals surface area (Å²) in [5.41, 5.74) is 0. The Morgan fingerprint density at radius 3 is 1.10 bits per heavy atom. The third-order valence-corrected chi connectivity index (χ3v) is 3.02. The lowest BCUT2D eigenvalue weighted by Crippen LogP contribution is -2.43. The predicted molar refractivity (Wildman–Crippen MR) is 65.9 cm³/mol. The Hall–Kier alpha value is -2.20. The zero-order valence-electron chi connectivity index (χ0n) is 11.0. The average Bonchev–Trinajstić information content (AvgIpc) is 3.03. The summed E-state index contributed by atoms with van der Waals surface area (Å²) in [6, 6.07) is -0.952. The molecule has 2 atom stereocenters. The topological polar surface area (TPSA) is 156 Å². The first kappa shape index (κ1) is 16.9. The van der Waals surface area contributed by atoms with E-state index in [4.69, 9.17) is 20.4 Å². The van der Waals surface area contributed by atoms with Crippen LogP contribution in [0.2, 0.25) is 0 Å². The average molecular weight is 304 g/mol. The summed E-state index contributed by atoms with van der Waals surface area (Å²) in [5.74, 6) is -4.82. The largest absolute Gasteiger partial charge is 0.480 e. The van der Waals surface area contributed by atoms with Crippen molar-refractivity contribution in [3.05, 3.63) is 0 Å². The van der Waals surface area contributed by atoms with Crippen LogP contribution in [0.3, 0.4) is 0 Å². The smallest absolute Gasteiger partial charge is 0.317 e. The molecule has 0 aromatic heterocycles. The zero-order chi connectivity index (χ0) is 16.2. The normalized spacial score (nSPS) is 20.5. The van der Waals surface area contributed by atoms with Gasteiger partial charge < -0.3 is 20.4 Å². The number of aliphatic carboxylic acids is 4. The van der Waals surface area contributed by atoms with Crippen LogP contribution < -0.4 is 0 Å². The molecule has 118 valence electrons. The highest BCUT2D eigenvalue weighted by Crippen LogP contribution is 2.33. The van der Waals surface area contributed by atoms with Crippen LogP contribution >= 0.6 is 0 Å². The lowest BCUT2D eigenvalue weighted by Gasteiger charge is -2.22. The molecule has 10 heteroatoms. The Kier molecular flexibility index (Phi) is 5.61. The monoisotopic (exact) mass is 304 g/mol. The minimum absolute atomic E-state index is 0.334. The van der Waals surface area contributed by atoms with Crippen LogP contribution in [0, 0.1) is 0 Å². The fraction of sp³-hybridized carbons (Fsp3) is 0.636. The first-order valence-electron chi connectivity index (χ1n) is 6.06. The minimum atomic E-state index is -1.20. The molecule has 10 nitrogen and oxygen atoms in total. The molecule has 1 aliphatic rings. The first-order chi connectivity index (χ1) is 9.70. The van der Waals surface area contributed by atoms with E-state index in [9.17, 15) is 19.2 Å². The number of carboxylic acids is 4.